The molecule has 0 bridgehead atoms. The Morgan fingerprint density at radius 1 is 0.688 bits per heavy atom. The molecule has 32 heavy (non-hydrogen) atoms. The Hall–Kier alpha value is -1.00. The van der Waals surface area contributed by atoms with Crippen molar-refractivity contribution in [3.05, 3.63) is 12.2 Å². The number of carbonyl (C=O) groups excluding carboxylic acids is 2. The van der Waals surface area contributed by atoms with Gasteiger partial charge in [0.1, 0.15) is 11.6 Å². The highest BCUT2D eigenvalue weighted by molar-refractivity contribution is 5.88. The molecule has 4 nitrogen and oxygen atoms in total. The maximum atomic E-state index is 12.8. The van der Waals surface area contributed by atoms with E-state index in [0.717, 1.165) is 77.0 Å². The molecule has 4 atom stereocenters. The summed E-state index contributed by atoms with van der Waals surface area (Å²) in [6, 6.07) is 0. The van der Waals surface area contributed by atoms with Gasteiger partial charge in [-0.2, -0.15) is 0 Å². The Balaban J connectivity index is 1.70. The normalized spacial score (nSPS) is 27.2. The number of aliphatic hydroxyl groups excluding tert-OH is 2. The molecule has 0 saturated heterocycles. The molecule has 0 aliphatic heterocycles. The highest BCUT2D eigenvalue weighted by atomic mass is 16.3. The molecule has 0 radical (unpaired) electrons. The van der Waals surface area contributed by atoms with Gasteiger partial charge in [-0.1, -0.05) is 65.5 Å². The zero-order valence-electron chi connectivity index (χ0n) is 21.1. The lowest BCUT2D eigenvalue weighted by molar-refractivity contribution is -0.124. The number of unbranched alkanes of at least 4 members (excludes halogenated alkanes) is 2. The molecule has 0 spiro atoms. The second-order valence-corrected chi connectivity index (χ2v) is 12.1. The number of rotatable bonds is 14. The van der Waals surface area contributed by atoms with Gasteiger partial charge < -0.3 is 10.2 Å². The number of hydrogen-bond donors (Lipinski definition) is 2. The number of carbonyl (C=O) groups is 2. The fourth-order valence-corrected chi connectivity index (χ4v) is 5.31. The largest absolute Gasteiger partial charge is 0.396 e. The van der Waals surface area contributed by atoms with Crippen LogP contribution in [-0.4, -0.2) is 35.0 Å². The molecule has 0 aromatic heterocycles. The third-order valence-corrected chi connectivity index (χ3v) is 7.93. The Bertz CT molecular complexity index is 579. The predicted molar refractivity (Wildman–Crippen MR) is 130 cm³/mol. The van der Waals surface area contributed by atoms with E-state index in [2.05, 4.69) is 27.7 Å². The molecule has 2 aliphatic carbocycles. The number of allylic oxidation sites excluding steroid dienone is 2. The van der Waals surface area contributed by atoms with Crippen molar-refractivity contribution >= 4 is 11.6 Å². The van der Waals surface area contributed by atoms with Gasteiger partial charge in [0.05, 0.1) is 0 Å². The van der Waals surface area contributed by atoms with Crippen LogP contribution in [0.15, 0.2) is 12.2 Å². The van der Waals surface area contributed by atoms with Gasteiger partial charge in [0.2, 0.25) is 0 Å². The molecule has 0 amide bonds. The van der Waals surface area contributed by atoms with Crippen LogP contribution in [0.3, 0.4) is 0 Å². The van der Waals surface area contributed by atoms with Gasteiger partial charge in [-0.25, -0.2) is 0 Å². The van der Waals surface area contributed by atoms with E-state index in [0.29, 0.717) is 11.6 Å². The summed E-state index contributed by atoms with van der Waals surface area (Å²) in [5, 5.41) is 18.7. The van der Waals surface area contributed by atoms with Crippen molar-refractivity contribution in [3.63, 3.8) is 0 Å². The Kier molecular flexibility index (Phi) is 10.6. The summed E-state index contributed by atoms with van der Waals surface area (Å²) in [4.78, 5) is 25.6. The van der Waals surface area contributed by atoms with Crippen LogP contribution < -0.4 is 0 Å². The van der Waals surface area contributed by atoms with E-state index in [4.69, 9.17) is 0 Å². The summed E-state index contributed by atoms with van der Waals surface area (Å²) < 4.78 is 0. The number of hydrogen-bond acceptors (Lipinski definition) is 4. The van der Waals surface area contributed by atoms with Gasteiger partial charge in [-0.05, 0) is 62.2 Å². The van der Waals surface area contributed by atoms with E-state index in [9.17, 15) is 19.8 Å². The molecule has 2 fully saturated rings. The molecule has 4 heteroatoms. The van der Waals surface area contributed by atoms with Crippen LogP contribution in [0.2, 0.25) is 0 Å². The predicted octanol–water partition coefficient (Wildman–Crippen LogP) is 5.89. The first-order valence-electron chi connectivity index (χ1n) is 13.1. The molecule has 184 valence electrons. The maximum Gasteiger partial charge on any atom is 0.142 e. The first-order valence-corrected chi connectivity index (χ1v) is 13.1. The van der Waals surface area contributed by atoms with Crippen molar-refractivity contribution in [2.24, 2.45) is 34.5 Å². The van der Waals surface area contributed by atoms with Crippen LogP contribution in [0, 0.1) is 34.5 Å². The Morgan fingerprint density at radius 2 is 1.06 bits per heavy atom. The average molecular weight is 449 g/mol. The lowest BCUT2D eigenvalue weighted by Crippen LogP contribution is -2.17. The van der Waals surface area contributed by atoms with Crippen molar-refractivity contribution in [1.82, 2.24) is 0 Å². The topological polar surface area (TPSA) is 74.6 Å². The van der Waals surface area contributed by atoms with Gasteiger partial charge >= 0.3 is 0 Å². The number of Topliss-reactive ketones (excluding diaryl/α,β-unsaturated/α-hetero) is 2. The third kappa shape index (κ3) is 8.41. The fraction of sp³-hybridized carbons (Fsp3) is 0.857. The first kappa shape index (κ1) is 27.2. The smallest absolute Gasteiger partial charge is 0.142 e. The van der Waals surface area contributed by atoms with Crippen molar-refractivity contribution in [2.45, 2.75) is 105 Å². The van der Waals surface area contributed by atoms with Crippen LogP contribution in [0.4, 0.5) is 0 Å². The van der Waals surface area contributed by atoms with E-state index in [1.54, 1.807) is 0 Å². The molecular weight excluding hydrogens is 400 g/mol. The Labute approximate surface area is 196 Å². The molecule has 4 unspecified atom stereocenters. The fourth-order valence-electron chi connectivity index (χ4n) is 5.31. The van der Waals surface area contributed by atoms with Gasteiger partial charge in [0, 0.05) is 36.9 Å². The second kappa shape index (κ2) is 12.5. The van der Waals surface area contributed by atoms with Gasteiger partial charge in [-0.3, -0.25) is 9.59 Å². The van der Waals surface area contributed by atoms with Crippen molar-refractivity contribution in [3.8, 4) is 0 Å². The summed E-state index contributed by atoms with van der Waals surface area (Å²) in [6.07, 6.45) is 16.0. The van der Waals surface area contributed by atoms with Crippen LogP contribution in [0.5, 0.6) is 0 Å². The van der Waals surface area contributed by atoms with E-state index >= 15 is 0 Å². The number of aliphatic hydroxyl groups is 2. The highest BCUT2D eigenvalue weighted by Crippen LogP contribution is 2.36. The van der Waals surface area contributed by atoms with Crippen molar-refractivity contribution in [1.29, 1.82) is 0 Å². The van der Waals surface area contributed by atoms with E-state index < -0.39 is 0 Å². The van der Waals surface area contributed by atoms with Gasteiger partial charge in [0.25, 0.3) is 0 Å². The molecule has 2 rings (SSSR count). The summed E-state index contributed by atoms with van der Waals surface area (Å²) in [6.45, 7) is 8.77. The van der Waals surface area contributed by atoms with Gasteiger partial charge in [-0.15, -0.1) is 0 Å². The lowest BCUT2D eigenvalue weighted by Gasteiger charge is -2.21. The van der Waals surface area contributed by atoms with E-state index in [-0.39, 0.29) is 47.7 Å². The molecule has 0 heterocycles. The van der Waals surface area contributed by atoms with E-state index in [1.807, 2.05) is 12.2 Å². The zero-order valence-corrected chi connectivity index (χ0v) is 21.1. The lowest BCUT2D eigenvalue weighted by atomic mass is 9.86. The maximum absolute atomic E-state index is 12.8. The SMILES string of the molecule is CC(C)(CO)CCCCC1CCC(/C=C\C2CCC(CCCCC(C)(C)CO)C2=O)C1=O. The van der Waals surface area contributed by atoms with Crippen LogP contribution >= 0.6 is 0 Å². The quantitative estimate of drug-likeness (QED) is 0.257. The zero-order chi connectivity index (χ0) is 23.8. The molecule has 2 aliphatic rings. The number of ketones is 2. The third-order valence-electron chi connectivity index (χ3n) is 7.93. The summed E-state index contributed by atoms with van der Waals surface area (Å²) in [5.74, 6) is 1.10. The summed E-state index contributed by atoms with van der Waals surface area (Å²) in [5.41, 5.74) is -0.0424. The minimum Gasteiger partial charge on any atom is -0.396 e. The minimum atomic E-state index is -0.0212. The van der Waals surface area contributed by atoms with Crippen molar-refractivity contribution < 1.29 is 19.8 Å². The van der Waals surface area contributed by atoms with Crippen LogP contribution in [0.25, 0.3) is 0 Å². The minimum absolute atomic E-state index is 0.00134. The standard InChI is InChI=1S/C28H48O4/c1-27(2,19-29)17-7-5-9-21-11-13-23(25(21)31)15-16-24-14-12-22(26(24)32)10-6-8-18-28(3,4)20-30/h15-16,21-24,29-30H,5-14,17-20H2,1-4H3/b16-15-. The highest BCUT2D eigenvalue weighted by Gasteiger charge is 2.35. The summed E-state index contributed by atoms with van der Waals surface area (Å²) in [7, 11) is 0. The summed E-state index contributed by atoms with van der Waals surface area (Å²) >= 11 is 0. The molecule has 2 N–H and O–H groups in total. The average Bonchev–Trinajstić information content (AvgIpc) is 3.29. The van der Waals surface area contributed by atoms with Crippen LogP contribution in [-0.2, 0) is 9.59 Å². The molecule has 0 aromatic carbocycles. The second-order valence-electron chi connectivity index (χ2n) is 12.1. The first-order chi connectivity index (χ1) is 15.1. The Morgan fingerprint density at radius 3 is 1.41 bits per heavy atom. The molecule has 0 aromatic rings. The van der Waals surface area contributed by atoms with Crippen LogP contribution in [0.1, 0.15) is 105 Å². The van der Waals surface area contributed by atoms with E-state index in [1.165, 1.54) is 0 Å². The molecule has 2 saturated carbocycles. The van der Waals surface area contributed by atoms with Crippen molar-refractivity contribution in [2.75, 3.05) is 13.2 Å². The van der Waals surface area contributed by atoms with Gasteiger partial charge in [0.15, 0.2) is 0 Å². The molecular formula is C28H48O4. The monoisotopic (exact) mass is 448 g/mol.